The number of ether oxygens (including phenoxy) is 1. The molecule has 0 saturated heterocycles. The minimum absolute atomic E-state index is 0.00392. The minimum Gasteiger partial charge on any atom is -0.494 e. The van der Waals surface area contributed by atoms with Crippen LogP contribution in [-0.2, 0) is 4.79 Å². The van der Waals surface area contributed by atoms with E-state index in [1.165, 1.54) is 0 Å². The van der Waals surface area contributed by atoms with Crippen LogP contribution in [0.2, 0.25) is 0 Å². The van der Waals surface area contributed by atoms with Gasteiger partial charge in [0.15, 0.2) is 5.78 Å². The number of carbonyl (C=O) groups excluding carboxylic acids is 2. The van der Waals surface area contributed by atoms with Crippen LogP contribution in [0.3, 0.4) is 0 Å². The average Bonchev–Trinajstić information content (AvgIpc) is 2.41. The maximum Gasteiger partial charge on any atom is 0.251 e. The number of hydrogen-bond donors (Lipinski definition) is 1. The van der Waals surface area contributed by atoms with Crippen molar-refractivity contribution in [3.8, 4) is 5.75 Å². The molecule has 0 aliphatic rings. The Bertz CT molecular complexity index is 475. The number of rotatable bonds is 6. The summed E-state index contributed by atoms with van der Waals surface area (Å²) >= 11 is 0. The lowest BCUT2D eigenvalue weighted by Crippen LogP contribution is -2.35. The summed E-state index contributed by atoms with van der Waals surface area (Å²) in [4.78, 5) is 23.8. The molecule has 4 nitrogen and oxygen atoms in total. The summed E-state index contributed by atoms with van der Waals surface area (Å²) in [6.07, 6.45) is 0.913. The quantitative estimate of drug-likeness (QED) is 0.870. The molecule has 0 aromatic heterocycles. The van der Waals surface area contributed by atoms with Crippen LogP contribution in [0, 0.1) is 5.41 Å². The van der Waals surface area contributed by atoms with Crippen molar-refractivity contribution < 1.29 is 14.3 Å². The second-order valence-electron chi connectivity index (χ2n) is 5.73. The van der Waals surface area contributed by atoms with Gasteiger partial charge in [-0.25, -0.2) is 0 Å². The van der Waals surface area contributed by atoms with Gasteiger partial charge in [0.1, 0.15) is 5.75 Å². The third-order valence-corrected chi connectivity index (χ3v) is 2.82. The van der Waals surface area contributed by atoms with Crippen LogP contribution in [0.4, 0.5) is 0 Å². The lowest BCUT2D eigenvalue weighted by atomic mass is 9.91. The zero-order valence-electron chi connectivity index (χ0n) is 12.7. The highest BCUT2D eigenvalue weighted by Gasteiger charge is 2.21. The number of carbonyl (C=O) groups is 2. The second-order valence-corrected chi connectivity index (χ2v) is 5.73. The summed E-state index contributed by atoms with van der Waals surface area (Å²) in [5.41, 5.74) is 0.0552. The fraction of sp³-hybridized carbons (Fsp3) is 0.500. The largest absolute Gasteiger partial charge is 0.494 e. The second kappa shape index (κ2) is 7.08. The number of ketones is 1. The maximum absolute atomic E-state index is 12.0. The molecule has 0 unspecified atom stereocenters. The maximum atomic E-state index is 12.0. The lowest BCUT2D eigenvalue weighted by molar-refractivity contribution is -0.125. The average molecular weight is 277 g/mol. The van der Waals surface area contributed by atoms with Gasteiger partial charge in [-0.05, 0) is 24.6 Å². The molecule has 0 bridgehead atoms. The van der Waals surface area contributed by atoms with Gasteiger partial charge in [-0.2, -0.15) is 0 Å². The number of Topliss-reactive ketones (excluding diaryl/α,β-unsaturated/α-hetero) is 1. The van der Waals surface area contributed by atoms with Gasteiger partial charge in [0.25, 0.3) is 5.91 Å². The van der Waals surface area contributed by atoms with Crippen molar-refractivity contribution in [1.29, 1.82) is 0 Å². The number of benzene rings is 1. The van der Waals surface area contributed by atoms with Crippen molar-refractivity contribution in [2.24, 2.45) is 5.41 Å². The van der Waals surface area contributed by atoms with Gasteiger partial charge in [-0.3, -0.25) is 9.59 Å². The lowest BCUT2D eigenvalue weighted by Gasteiger charge is -2.16. The highest BCUT2D eigenvalue weighted by Crippen LogP contribution is 2.15. The first kappa shape index (κ1) is 16.2. The SMILES string of the molecule is CCCOc1cccc(C(=O)NCC(=O)C(C)(C)C)c1. The molecular formula is C16H23NO3. The van der Waals surface area contributed by atoms with E-state index >= 15 is 0 Å². The Balaban J connectivity index is 2.61. The Kier molecular flexibility index (Phi) is 5.74. The first-order valence-corrected chi connectivity index (χ1v) is 6.89. The summed E-state index contributed by atoms with van der Waals surface area (Å²) in [5.74, 6) is 0.412. The van der Waals surface area contributed by atoms with Crippen molar-refractivity contribution in [3.05, 3.63) is 29.8 Å². The molecule has 4 heteroatoms. The molecule has 20 heavy (non-hydrogen) atoms. The Morgan fingerprint density at radius 3 is 2.55 bits per heavy atom. The fourth-order valence-electron chi connectivity index (χ4n) is 1.47. The summed E-state index contributed by atoms with van der Waals surface area (Å²) in [5, 5.41) is 2.64. The fourth-order valence-corrected chi connectivity index (χ4v) is 1.47. The molecule has 0 aliphatic heterocycles. The first-order valence-electron chi connectivity index (χ1n) is 6.89. The predicted molar refractivity (Wildman–Crippen MR) is 79.0 cm³/mol. The molecule has 1 rings (SSSR count). The Labute approximate surface area is 120 Å². The van der Waals surface area contributed by atoms with Crippen molar-refractivity contribution in [1.82, 2.24) is 5.32 Å². The summed E-state index contributed by atoms with van der Waals surface area (Å²) in [6.45, 7) is 8.19. The van der Waals surface area contributed by atoms with E-state index in [4.69, 9.17) is 4.74 Å². The van der Waals surface area contributed by atoms with Crippen LogP contribution in [-0.4, -0.2) is 24.8 Å². The molecule has 1 amide bonds. The molecule has 0 radical (unpaired) electrons. The third-order valence-electron chi connectivity index (χ3n) is 2.82. The van der Waals surface area contributed by atoms with Gasteiger partial charge in [-0.1, -0.05) is 33.8 Å². The molecule has 0 heterocycles. The van der Waals surface area contributed by atoms with E-state index in [1.807, 2.05) is 33.8 Å². The smallest absolute Gasteiger partial charge is 0.251 e. The highest BCUT2D eigenvalue weighted by molar-refractivity contribution is 5.97. The van der Waals surface area contributed by atoms with E-state index in [0.29, 0.717) is 17.9 Å². The molecule has 0 aliphatic carbocycles. The Morgan fingerprint density at radius 2 is 1.95 bits per heavy atom. The monoisotopic (exact) mass is 277 g/mol. The number of hydrogen-bond acceptors (Lipinski definition) is 3. The molecule has 1 aromatic carbocycles. The van der Waals surface area contributed by atoms with E-state index < -0.39 is 5.41 Å². The van der Waals surface area contributed by atoms with E-state index in [1.54, 1.807) is 18.2 Å². The van der Waals surface area contributed by atoms with Crippen LogP contribution in [0.5, 0.6) is 5.75 Å². The van der Waals surface area contributed by atoms with Crippen molar-refractivity contribution >= 4 is 11.7 Å². The van der Waals surface area contributed by atoms with Crippen LogP contribution >= 0.6 is 0 Å². The van der Waals surface area contributed by atoms with Gasteiger partial charge in [-0.15, -0.1) is 0 Å². The van der Waals surface area contributed by atoms with Gasteiger partial charge >= 0.3 is 0 Å². The van der Waals surface area contributed by atoms with Gasteiger partial charge in [0.2, 0.25) is 0 Å². The minimum atomic E-state index is -0.445. The third kappa shape index (κ3) is 5.03. The van der Waals surface area contributed by atoms with Crippen molar-refractivity contribution in [2.45, 2.75) is 34.1 Å². The predicted octanol–water partition coefficient (Wildman–Crippen LogP) is 2.82. The Hall–Kier alpha value is -1.84. The standard InChI is InChI=1S/C16H23NO3/c1-5-9-20-13-8-6-7-12(10-13)15(19)17-11-14(18)16(2,3)4/h6-8,10H,5,9,11H2,1-4H3,(H,17,19). The van der Waals surface area contributed by atoms with Crippen molar-refractivity contribution in [3.63, 3.8) is 0 Å². The summed E-state index contributed by atoms with van der Waals surface area (Å²) in [7, 11) is 0. The molecule has 110 valence electrons. The zero-order valence-corrected chi connectivity index (χ0v) is 12.7. The molecular weight excluding hydrogens is 254 g/mol. The molecule has 1 aromatic rings. The first-order chi connectivity index (χ1) is 9.34. The highest BCUT2D eigenvalue weighted by atomic mass is 16.5. The summed E-state index contributed by atoms with van der Waals surface area (Å²) in [6, 6.07) is 6.97. The normalized spacial score (nSPS) is 11.0. The van der Waals surface area contributed by atoms with E-state index in [-0.39, 0.29) is 18.2 Å². The molecule has 0 atom stereocenters. The van der Waals surface area contributed by atoms with Crippen molar-refractivity contribution in [2.75, 3.05) is 13.2 Å². The molecule has 1 N–H and O–H groups in total. The number of nitrogens with one attached hydrogen (secondary N) is 1. The summed E-state index contributed by atoms with van der Waals surface area (Å²) < 4.78 is 5.48. The molecule has 0 spiro atoms. The van der Waals surface area contributed by atoms with Crippen LogP contribution < -0.4 is 10.1 Å². The van der Waals surface area contributed by atoms with E-state index in [0.717, 1.165) is 6.42 Å². The zero-order chi connectivity index (χ0) is 15.2. The molecule has 0 saturated carbocycles. The molecule has 0 fully saturated rings. The van der Waals surface area contributed by atoms with E-state index in [9.17, 15) is 9.59 Å². The van der Waals surface area contributed by atoms with Crippen LogP contribution in [0.25, 0.3) is 0 Å². The van der Waals surface area contributed by atoms with Gasteiger partial charge in [0.05, 0.1) is 13.2 Å². The van der Waals surface area contributed by atoms with Crippen LogP contribution in [0.15, 0.2) is 24.3 Å². The number of amides is 1. The van der Waals surface area contributed by atoms with Gasteiger partial charge in [0, 0.05) is 11.0 Å². The topological polar surface area (TPSA) is 55.4 Å². The van der Waals surface area contributed by atoms with Gasteiger partial charge < -0.3 is 10.1 Å². The Morgan fingerprint density at radius 1 is 1.25 bits per heavy atom. The van der Waals surface area contributed by atoms with E-state index in [2.05, 4.69) is 5.32 Å². The van der Waals surface area contributed by atoms with Crippen LogP contribution in [0.1, 0.15) is 44.5 Å².